The lowest BCUT2D eigenvalue weighted by atomic mass is 10.0. The summed E-state index contributed by atoms with van der Waals surface area (Å²) < 4.78 is 0. The summed E-state index contributed by atoms with van der Waals surface area (Å²) in [6.07, 6.45) is 0. The van der Waals surface area contributed by atoms with E-state index in [9.17, 15) is 14.7 Å². The van der Waals surface area contributed by atoms with Gasteiger partial charge in [0.2, 0.25) is 5.95 Å². The first-order valence-corrected chi connectivity index (χ1v) is 7.94. The van der Waals surface area contributed by atoms with Crippen LogP contribution in [0.2, 0.25) is 0 Å². The fourth-order valence-corrected chi connectivity index (χ4v) is 2.55. The van der Waals surface area contributed by atoms with Crippen LogP contribution in [0, 0.1) is 6.92 Å². The molecule has 8 heteroatoms. The second-order valence-electron chi connectivity index (χ2n) is 5.76. The molecule has 0 saturated heterocycles. The summed E-state index contributed by atoms with van der Waals surface area (Å²) in [5.74, 6) is -1.70. The van der Waals surface area contributed by atoms with Crippen molar-refractivity contribution in [1.82, 2.24) is 9.97 Å². The summed E-state index contributed by atoms with van der Waals surface area (Å²) in [6.45, 7) is 1.72. The quantitative estimate of drug-likeness (QED) is 0.541. The number of carbonyl (C=O) groups is 2. The molecular weight excluding hydrogens is 348 g/mol. The molecule has 3 aromatic rings. The summed E-state index contributed by atoms with van der Waals surface area (Å²) in [5, 5.41) is 21.3. The van der Waals surface area contributed by atoms with Gasteiger partial charge in [0.15, 0.2) is 0 Å². The Morgan fingerprint density at radius 2 is 1.63 bits per heavy atom. The van der Waals surface area contributed by atoms with Crippen molar-refractivity contribution in [2.75, 3.05) is 11.1 Å². The van der Waals surface area contributed by atoms with E-state index in [0.717, 1.165) is 0 Å². The summed E-state index contributed by atoms with van der Waals surface area (Å²) in [4.78, 5) is 31.0. The number of carboxylic acids is 2. The van der Waals surface area contributed by atoms with Gasteiger partial charge in [0.25, 0.3) is 0 Å². The molecule has 0 unspecified atom stereocenters. The zero-order chi connectivity index (χ0) is 19.6. The molecule has 1 aromatic heterocycles. The maximum absolute atomic E-state index is 11.5. The first kappa shape index (κ1) is 17.9. The lowest BCUT2D eigenvalue weighted by molar-refractivity contribution is 0.0686. The number of nitrogens with two attached hydrogens (primary N) is 1. The number of rotatable bonds is 5. The van der Waals surface area contributed by atoms with Crippen molar-refractivity contribution in [3.8, 4) is 11.3 Å². The molecule has 136 valence electrons. The van der Waals surface area contributed by atoms with Gasteiger partial charge < -0.3 is 21.3 Å². The van der Waals surface area contributed by atoms with Crippen LogP contribution in [0.1, 0.15) is 26.3 Å². The Bertz CT molecular complexity index is 1030. The highest BCUT2D eigenvalue weighted by Crippen LogP contribution is 2.29. The summed E-state index contributed by atoms with van der Waals surface area (Å²) in [6, 6.07) is 12.6. The molecule has 1 heterocycles. The van der Waals surface area contributed by atoms with Gasteiger partial charge in [-0.2, -0.15) is 4.98 Å². The Kier molecular flexibility index (Phi) is 4.71. The van der Waals surface area contributed by atoms with Crippen LogP contribution in [0.25, 0.3) is 11.3 Å². The van der Waals surface area contributed by atoms with Crippen molar-refractivity contribution in [3.05, 3.63) is 65.2 Å². The van der Waals surface area contributed by atoms with Gasteiger partial charge in [0.05, 0.1) is 16.8 Å². The van der Waals surface area contributed by atoms with Crippen LogP contribution in [0.15, 0.2) is 48.5 Å². The molecule has 8 nitrogen and oxygen atoms in total. The number of carboxylic acid groups (broad SMARTS) is 2. The molecule has 0 saturated carbocycles. The van der Waals surface area contributed by atoms with E-state index in [1.165, 1.54) is 18.2 Å². The SMILES string of the molecule is Cc1c(N)nc(Nc2ccc(C(=O)O)cc2)nc1-c1ccccc1C(=O)O. The number of aromatic nitrogens is 2. The van der Waals surface area contributed by atoms with Crippen LogP contribution in [-0.4, -0.2) is 32.1 Å². The van der Waals surface area contributed by atoms with Crippen molar-refractivity contribution in [2.24, 2.45) is 0 Å². The van der Waals surface area contributed by atoms with Gasteiger partial charge in [-0.05, 0) is 37.3 Å². The average Bonchev–Trinajstić information content (AvgIpc) is 2.65. The van der Waals surface area contributed by atoms with Gasteiger partial charge >= 0.3 is 11.9 Å². The highest BCUT2D eigenvalue weighted by Gasteiger charge is 2.17. The first-order chi connectivity index (χ1) is 12.9. The van der Waals surface area contributed by atoms with E-state index >= 15 is 0 Å². The molecule has 0 amide bonds. The smallest absolute Gasteiger partial charge is 0.336 e. The Hall–Kier alpha value is -3.94. The topological polar surface area (TPSA) is 138 Å². The molecule has 0 atom stereocenters. The van der Waals surface area contributed by atoms with Crippen LogP contribution >= 0.6 is 0 Å². The van der Waals surface area contributed by atoms with Crippen molar-refractivity contribution >= 4 is 29.4 Å². The number of nitrogens with zero attached hydrogens (tertiary/aromatic N) is 2. The maximum Gasteiger partial charge on any atom is 0.336 e. The molecule has 0 spiro atoms. The Morgan fingerprint density at radius 1 is 0.963 bits per heavy atom. The number of aromatic carboxylic acids is 2. The van der Waals surface area contributed by atoms with Crippen molar-refractivity contribution < 1.29 is 19.8 Å². The second-order valence-corrected chi connectivity index (χ2v) is 5.76. The normalized spacial score (nSPS) is 10.4. The van der Waals surface area contributed by atoms with Crippen molar-refractivity contribution in [1.29, 1.82) is 0 Å². The highest BCUT2D eigenvalue weighted by molar-refractivity contribution is 5.96. The third kappa shape index (κ3) is 3.69. The summed E-state index contributed by atoms with van der Waals surface area (Å²) in [5.41, 5.74) is 8.22. The Morgan fingerprint density at radius 3 is 2.26 bits per heavy atom. The number of nitrogen functional groups attached to an aromatic ring is 1. The molecule has 0 aliphatic heterocycles. The monoisotopic (exact) mass is 364 g/mol. The molecule has 0 bridgehead atoms. The third-order valence-electron chi connectivity index (χ3n) is 3.98. The lowest BCUT2D eigenvalue weighted by Crippen LogP contribution is -2.07. The fraction of sp³-hybridized carbons (Fsp3) is 0.0526. The van der Waals surface area contributed by atoms with Crippen LogP contribution in [0.5, 0.6) is 0 Å². The number of anilines is 3. The van der Waals surface area contributed by atoms with Crippen molar-refractivity contribution in [2.45, 2.75) is 6.92 Å². The zero-order valence-corrected chi connectivity index (χ0v) is 14.3. The minimum atomic E-state index is -1.07. The Labute approximate surface area is 154 Å². The molecule has 0 aliphatic carbocycles. The van der Waals surface area contributed by atoms with Gasteiger partial charge in [-0.25, -0.2) is 14.6 Å². The summed E-state index contributed by atoms with van der Waals surface area (Å²) >= 11 is 0. The van der Waals surface area contributed by atoms with E-state index in [1.54, 1.807) is 37.3 Å². The molecule has 0 fully saturated rings. The lowest BCUT2D eigenvalue weighted by Gasteiger charge is -2.13. The van der Waals surface area contributed by atoms with Crippen LogP contribution in [-0.2, 0) is 0 Å². The third-order valence-corrected chi connectivity index (χ3v) is 3.98. The van der Waals surface area contributed by atoms with E-state index in [-0.39, 0.29) is 22.9 Å². The predicted molar refractivity (Wildman–Crippen MR) is 100 cm³/mol. The average molecular weight is 364 g/mol. The van der Waals surface area contributed by atoms with E-state index < -0.39 is 11.9 Å². The number of hydrogen-bond acceptors (Lipinski definition) is 6. The second kappa shape index (κ2) is 7.12. The maximum atomic E-state index is 11.5. The molecule has 5 N–H and O–H groups in total. The number of benzene rings is 2. The predicted octanol–water partition coefficient (Wildman–Crippen LogP) is 3.17. The highest BCUT2D eigenvalue weighted by atomic mass is 16.4. The van der Waals surface area contributed by atoms with Crippen molar-refractivity contribution in [3.63, 3.8) is 0 Å². The largest absolute Gasteiger partial charge is 0.478 e. The van der Waals surface area contributed by atoms with Gasteiger partial charge in [-0.1, -0.05) is 18.2 Å². The number of nitrogens with one attached hydrogen (secondary N) is 1. The molecule has 3 rings (SSSR count). The van der Waals surface area contributed by atoms with E-state index in [0.29, 0.717) is 22.5 Å². The van der Waals surface area contributed by atoms with E-state index in [2.05, 4.69) is 15.3 Å². The number of hydrogen-bond donors (Lipinski definition) is 4. The molecule has 0 aliphatic rings. The minimum Gasteiger partial charge on any atom is -0.478 e. The van der Waals surface area contributed by atoms with Gasteiger partial charge in [0, 0.05) is 16.8 Å². The van der Waals surface area contributed by atoms with E-state index in [4.69, 9.17) is 10.8 Å². The van der Waals surface area contributed by atoms with Crippen LogP contribution in [0.4, 0.5) is 17.5 Å². The molecule has 2 aromatic carbocycles. The molecule has 0 radical (unpaired) electrons. The van der Waals surface area contributed by atoms with Gasteiger partial charge in [-0.3, -0.25) is 0 Å². The first-order valence-electron chi connectivity index (χ1n) is 7.94. The zero-order valence-electron chi connectivity index (χ0n) is 14.3. The summed E-state index contributed by atoms with van der Waals surface area (Å²) in [7, 11) is 0. The van der Waals surface area contributed by atoms with Crippen LogP contribution in [0.3, 0.4) is 0 Å². The molecule has 27 heavy (non-hydrogen) atoms. The van der Waals surface area contributed by atoms with E-state index in [1.807, 2.05) is 0 Å². The fourth-order valence-electron chi connectivity index (χ4n) is 2.55. The van der Waals surface area contributed by atoms with Crippen LogP contribution < -0.4 is 11.1 Å². The van der Waals surface area contributed by atoms with Gasteiger partial charge in [0.1, 0.15) is 5.82 Å². The standard InChI is InChI=1S/C19H16N4O4/c1-10-15(13-4-2-3-5-14(13)18(26)27)22-19(23-16(10)20)21-12-8-6-11(7-9-12)17(24)25/h2-9H,1H3,(H,24,25)(H,26,27)(H3,20,21,22,23). The Balaban J connectivity index is 2.02. The minimum absolute atomic E-state index is 0.107. The van der Waals surface area contributed by atoms with Gasteiger partial charge in [-0.15, -0.1) is 0 Å². The molecular formula is C19H16N4O4.